The van der Waals surface area contributed by atoms with Crippen LogP contribution in [0, 0.1) is 0 Å². The van der Waals surface area contributed by atoms with Gasteiger partial charge in [0.25, 0.3) is 5.91 Å². The number of rotatable bonds is 5. The summed E-state index contributed by atoms with van der Waals surface area (Å²) >= 11 is 1.75. The summed E-state index contributed by atoms with van der Waals surface area (Å²) in [6, 6.07) is 3.82. The third kappa shape index (κ3) is 3.46. The molecule has 2 rings (SSSR count). The molecule has 1 amide bonds. The average Bonchev–Trinajstić information content (AvgIpc) is 2.95. The smallest absolute Gasteiger partial charge is 0.254 e. The molecule has 2 N–H and O–H groups in total. The lowest BCUT2D eigenvalue weighted by atomic mass is 10.2. The second-order valence-electron chi connectivity index (χ2n) is 4.43. The SMILES string of the molecule is CCCN(NC)C(=O)C1CSC(c2cccnc2)N1. The Balaban J connectivity index is 1.96. The van der Waals surface area contributed by atoms with Crippen LogP contribution in [0.1, 0.15) is 24.3 Å². The molecule has 2 atom stereocenters. The van der Waals surface area contributed by atoms with Crippen LogP contribution < -0.4 is 10.7 Å². The summed E-state index contributed by atoms with van der Waals surface area (Å²) in [6.07, 6.45) is 4.55. The minimum atomic E-state index is -0.130. The van der Waals surface area contributed by atoms with E-state index in [9.17, 15) is 4.79 Å². The van der Waals surface area contributed by atoms with Crippen molar-refractivity contribution in [3.05, 3.63) is 30.1 Å². The second-order valence-corrected chi connectivity index (χ2v) is 5.57. The molecule has 2 heterocycles. The predicted octanol–water partition coefficient (Wildman–Crippen LogP) is 1.16. The number of carbonyl (C=O) groups is 1. The summed E-state index contributed by atoms with van der Waals surface area (Å²) in [6.45, 7) is 2.79. The number of carbonyl (C=O) groups excluding carboxylic acids is 1. The van der Waals surface area contributed by atoms with Crippen LogP contribution in [0.15, 0.2) is 24.5 Å². The number of thioether (sulfide) groups is 1. The summed E-state index contributed by atoms with van der Waals surface area (Å²) < 4.78 is 0. The third-order valence-corrected chi connectivity index (χ3v) is 4.32. The zero-order valence-electron chi connectivity index (χ0n) is 11.3. The Bertz CT molecular complexity index is 414. The van der Waals surface area contributed by atoms with E-state index in [2.05, 4.69) is 22.7 Å². The van der Waals surface area contributed by atoms with Gasteiger partial charge in [-0.15, -0.1) is 11.8 Å². The van der Waals surface area contributed by atoms with Crippen molar-refractivity contribution in [2.24, 2.45) is 0 Å². The van der Waals surface area contributed by atoms with Gasteiger partial charge in [0.1, 0.15) is 0 Å². The van der Waals surface area contributed by atoms with Gasteiger partial charge in [-0.25, -0.2) is 5.43 Å². The van der Waals surface area contributed by atoms with Crippen molar-refractivity contribution < 1.29 is 4.79 Å². The van der Waals surface area contributed by atoms with Crippen LogP contribution in [-0.2, 0) is 4.79 Å². The number of nitrogens with zero attached hydrogens (tertiary/aromatic N) is 2. The highest BCUT2D eigenvalue weighted by Gasteiger charge is 2.32. The molecule has 104 valence electrons. The van der Waals surface area contributed by atoms with Crippen LogP contribution in [0.4, 0.5) is 0 Å². The molecule has 1 fully saturated rings. The molecule has 1 aromatic heterocycles. The Hall–Kier alpha value is -1.11. The largest absolute Gasteiger partial charge is 0.290 e. The van der Waals surface area contributed by atoms with Gasteiger partial charge in [-0.2, -0.15) is 0 Å². The first-order chi connectivity index (χ1) is 9.26. The molecule has 0 aromatic carbocycles. The highest BCUT2D eigenvalue weighted by Crippen LogP contribution is 2.32. The lowest BCUT2D eigenvalue weighted by Crippen LogP contribution is -2.50. The van der Waals surface area contributed by atoms with Crippen LogP contribution in [-0.4, -0.2) is 41.3 Å². The molecule has 0 spiro atoms. The molecule has 19 heavy (non-hydrogen) atoms. The fourth-order valence-electron chi connectivity index (χ4n) is 2.08. The fourth-order valence-corrected chi connectivity index (χ4v) is 3.30. The normalized spacial score (nSPS) is 22.4. The Morgan fingerprint density at radius 2 is 2.53 bits per heavy atom. The van der Waals surface area contributed by atoms with E-state index in [1.165, 1.54) is 0 Å². The molecule has 0 radical (unpaired) electrons. The molecule has 1 saturated heterocycles. The van der Waals surface area contributed by atoms with Gasteiger partial charge in [0, 0.05) is 31.7 Å². The van der Waals surface area contributed by atoms with Crippen molar-refractivity contribution in [3.63, 3.8) is 0 Å². The first-order valence-electron chi connectivity index (χ1n) is 6.52. The molecule has 0 aliphatic carbocycles. The van der Waals surface area contributed by atoms with Crippen LogP contribution in [0.3, 0.4) is 0 Å². The van der Waals surface area contributed by atoms with Gasteiger partial charge in [-0.1, -0.05) is 13.0 Å². The highest BCUT2D eigenvalue weighted by molar-refractivity contribution is 7.99. The maximum Gasteiger partial charge on any atom is 0.254 e. The zero-order valence-corrected chi connectivity index (χ0v) is 12.1. The zero-order chi connectivity index (χ0) is 13.7. The van der Waals surface area contributed by atoms with E-state index in [4.69, 9.17) is 0 Å². The first-order valence-corrected chi connectivity index (χ1v) is 7.57. The van der Waals surface area contributed by atoms with Crippen LogP contribution in [0.25, 0.3) is 0 Å². The molecule has 1 aliphatic rings. The second kappa shape index (κ2) is 6.88. The minimum absolute atomic E-state index is 0.114. The van der Waals surface area contributed by atoms with E-state index in [1.807, 2.05) is 18.3 Å². The number of hydrogen-bond donors (Lipinski definition) is 2. The molecule has 2 unspecified atom stereocenters. The molecule has 1 aliphatic heterocycles. The maximum atomic E-state index is 12.3. The van der Waals surface area contributed by atoms with Crippen LogP contribution in [0.2, 0.25) is 0 Å². The van der Waals surface area contributed by atoms with Gasteiger partial charge in [0.15, 0.2) is 0 Å². The Labute approximate surface area is 118 Å². The van der Waals surface area contributed by atoms with Crippen molar-refractivity contribution in [2.75, 3.05) is 19.3 Å². The summed E-state index contributed by atoms with van der Waals surface area (Å²) in [4.78, 5) is 16.4. The van der Waals surface area contributed by atoms with E-state index in [1.54, 1.807) is 30.0 Å². The van der Waals surface area contributed by atoms with Gasteiger partial charge < -0.3 is 0 Å². The number of nitrogens with one attached hydrogen (secondary N) is 2. The third-order valence-electron chi connectivity index (χ3n) is 3.05. The van der Waals surface area contributed by atoms with Gasteiger partial charge in [-0.3, -0.25) is 20.1 Å². The van der Waals surface area contributed by atoms with Gasteiger partial charge >= 0.3 is 0 Å². The Morgan fingerprint density at radius 1 is 1.68 bits per heavy atom. The monoisotopic (exact) mass is 280 g/mol. The molecule has 6 heteroatoms. The lowest BCUT2D eigenvalue weighted by molar-refractivity contribution is -0.135. The topological polar surface area (TPSA) is 57.3 Å². The van der Waals surface area contributed by atoms with Gasteiger partial charge in [-0.05, 0) is 18.1 Å². The first kappa shape index (κ1) is 14.3. The number of pyridine rings is 1. The highest BCUT2D eigenvalue weighted by atomic mass is 32.2. The Morgan fingerprint density at radius 3 is 3.16 bits per heavy atom. The fraction of sp³-hybridized carbons (Fsp3) is 0.538. The summed E-state index contributed by atoms with van der Waals surface area (Å²) in [5.41, 5.74) is 4.08. The van der Waals surface area contributed by atoms with Crippen molar-refractivity contribution in [1.29, 1.82) is 0 Å². The standard InChI is InChI=1S/C13H20N4OS/c1-3-7-17(14-2)13(18)11-9-19-12(16-11)10-5-4-6-15-8-10/h4-6,8,11-12,14,16H,3,7,9H2,1-2H3. The van der Waals surface area contributed by atoms with Crippen molar-refractivity contribution in [3.8, 4) is 0 Å². The maximum absolute atomic E-state index is 12.3. The van der Waals surface area contributed by atoms with Crippen molar-refractivity contribution >= 4 is 17.7 Å². The predicted molar refractivity (Wildman–Crippen MR) is 77.4 cm³/mol. The molecule has 0 bridgehead atoms. The Kier molecular flexibility index (Phi) is 5.18. The summed E-state index contributed by atoms with van der Waals surface area (Å²) in [7, 11) is 1.79. The molecular weight excluding hydrogens is 260 g/mol. The number of hydrazine groups is 1. The van der Waals surface area contributed by atoms with Crippen LogP contribution >= 0.6 is 11.8 Å². The number of aromatic nitrogens is 1. The van der Waals surface area contributed by atoms with Crippen molar-refractivity contribution in [1.82, 2.24) is 20.7 Å². The molecule has 5 nitrogen and oxygen atoms in total. The van der Waals surface area contributed by atoms with Crippen molar-refractivity contribution in [2.45, 2.75) is 24.8 Å². The minimum Gasteiger partial charge on any atom is -0.290 e. The number of hydrogen-bond acceptors (Lipinski definition) is 5. The van der Waals surface area contributed by atoms with Gasteiger partial charge in [0.05, 0.1) is 11.4 Å². The molecule has 0 saturated carbocycles. The van der Waals surface area contributed by atoms with E-state index < -0.39 is 0 Å². The van der Waals surface area contributed by atoms with Crippen LogP contribution in [0.5, 0.6) is 0 Å². The van der Waals surface area contributed by atoms with E-state index >= 15 is 0 Å². The molecule has 1 aromatic rings. The average molecular weight is 280 g/mol. The molecular formula is C13H20N4OS. The van der Waals surface area contributed by atoms with Gasteiger partial charge in [0.2, 0.25) is 0 Å². The quantitative estimate of drug-likeness (QED) is 0.793. The summed E-state index contributed by atoms with van der Waals surface area (Å²) in [5.74, 6) is 0.906. The number of amides is 1. The van der Waals surface area contributed by atoms with E-state index in [0.29, 0.717) is 0 Å². The summed E-state index contributed by atoms with van der Waals surface area (Å²) in [5, 5.41) is 5.21. The lowest BCUT2D eigenvalue weighted by Gasteiger charge is -2.24. The van der Waals surface area contributed by atoms with E-state index in [0.717, 1.165) is 24.3 Å². The van der Waals surface area contributed by atoms with E-state index in [-0.39, 0.29) is 17.3 Å².